The lowest BCUT2D eigenvalue weighted by Gasteiger charge is -2.10. The van der Waals surface area contributed by atoms with Gasteiger partial charge in [-0.1, -0.05) is 47.8 Å². The molecule has 0 spiro atoms. The van der Waals surface area contributed by atoms with Gasteiger partial charge in [-0.2, -0.15) is 0 Å². The molecule has 0 radical (unpaired) electrons. The molecule has 1 N–H and O–H groups in total. The molecular formula is C36H38O8S2. The van der Waals surface area contributed by atoms with E-state index in [4.69, 9.17) is 24.1 Å². The Morgan fingerprint density at radius 3 is 1.43 bits per heavy atom. The summed E-state index contributed by atoms with van der Waals surface area (Å²) in [5.74, 6) is 0.603. The molecule has 4 rings (SSSR count). The van der Waals surface area contributed by atoms with E-state index in [-0.39, 0.29) is 31.8 Å². The molecule has 4 aromatic rings. The number of rotatable bonds is 14. The van der Waals surface area contributed by atoms with Gasteiger partial charge >= 0.3 is 11.9 Å². The summed E-state index contributed by atoms with van der Waals surface area (Å²) in [7, 11) is 0. The average Bonchev–Trinajstić information content (AvgIpc) is 3.05. The summed E-state index contributed by atoms with van der Waals surface area (Å²) in [5, 5.41) is 9.05. The predicted molar refractivity (Wildman–Crippen MR) is 179 cm³/mol. The summed E-state index contributed by atoms with van der Waals surface area (Å²) in [4.78, 5) is 37.6. The highest BCUT2D eigenvalue weighted by Crippen LogP contribution is 2.32. The number of aliphatic hydroxyl groups is 1. The smallest absolute Gasteiger partial charge is 0.344 e. The second kappa shape index (κ2) is 19.3. The average molecular weight is 663 g/mol. The predicted octanol–water partition coefficient (Wildman–Crippen LogP) is 7.48. The number of aryl methyl sites for hydroxylation is 2. The minimum absolute atomic E-state index is 0.0521. The maximum absolute atomic E-state index is 11.3. The number of benzene rings is 4. The number of esters is 2. The summed E-state index contributed by atoms with van der Waals surface area (Å²) in [6, 6.07) is 26.8. The van der Waals surface area contributed by atoms with Crippen molar-refractivity contribution in [3.05, 3.63) is 107 Å². The molecule has 8 nitrogen and oxygen atoms in total. The topological polar surface area (TPSA) is 108 Å². The lowest BCUT2D eigenvalue weighted by molar-refractivity contribution is -0.146. The second-order valence-electron chi connectivity index (χ2n) is 9.74. The first kappa shape index (κ1) is 36.2. The molecule has 0 aliphatic carbocycles. The highest BCUT2D eigenvalue weighted by Gasteiger charge is 2.08. The van der Waals surface area contributed by atoms with Gasteiger partial charge in [0, 0.05) is 25.1 Å². The van der Waals surface area contributed by atoms with Gasteiger partial charge in [0.1, 0.15) is 17.8 Å². The molecule has 242 valence electrons. The molecule has 0 atom stereocenters. The third-order valence-electron chi connectivity index (χ3n) is 6.19. The van der Waals surface area contributed by atoms with Gasteiger partial charge in [-0.25, -0.2) is 9.59 Å². The maximum atomic E-state index is 11.3. The fourth-order valence-electron chi connectivity index (χ4n) is 3.92. The summed E-state index contributed by atoms with van der Waals surface area (Å²) < 4.78 is 20.6. The maximum Gasteiger partial charge on any atom is 0.344 e. The van der Waals surface area contributed by atoms with Crippen LogP contribution in [0.1, 0.15) is 40.9 Å². The zero-order valence-electron chi connectivity index (χ0n) is 26.3. The second-order valence-corrected chi connectivity index (χ2v) is 12.0. The lowest BCUT2D eigenvalue weighted by atomic mass is 10.2. The zero-order valence-corrected chi connectivity index (χ0v) is 28.0. The molecule has 0 bridgehead atoms. The molecule has 4 aromatic carbocycles. The van der Waals surface area contributed by atoms with Gasteiger partial charge in [0.05, 0.1) is 19.8 Å². The molecule has 0 heterocycles. The molecular weight excluding hydrogens is 625 g/mol. The van der Waals surface area contributed by atoms with Crippen LogP contribution in [-0.4, -0.2) is 49.8 Å². The van der Waals surface area contributed by atoms with E-state index in [0.29, 0.717) is 30.3 Å². The molecule has 0 saturated heterocycles. The van der Waals surface area contributed by atoms with Crippen molar-refractivity contribution in [3.63, 3.8) is 0 Å². The van der Waals surface area contributed by atoms with E-state index < -0.39 is 0 Å². The van der Waals surface area contributed by atoms with Crippen molar-refractivity contribution in [1.82, 2.24) is 0 Å². The first-order valence-electron chi connectivity index (χ1n) is 14.6. The van der Waals surface area contributed by atoms with Crippen LogP contribution in [0.25, 0.3) is 0 Å². The van der Waals surface area contributed by atoms with E-state index in [1.165, 1.54) is 0 Å². The molecule has 0 fully saturated rings. The van der Waals surface area contributed by atoms with E-state index in [0.717, 1.165) is 42.6 Å². The standard InChI is InChI=1S/C18H20O4S.C18H18O4S/c2*1-3-21-18(20)12-22-17-9-8-16(10-13(17)2)23-15-6-4-14(11-19)5-7-15/h4-10,19H,3,11-12H2,1-2H3;4-11H,3,12H2,1-2H3. The van der Waals surface area contributed by atoms with Gasteiger partial charge in [-0.15, -0.1) is 0 Å². The van der Waals surface area contributed by atoms with E-state index >= 15 is 0 Å². The van der Waals surface area contributed by atoms with Gasteiger partial charge in [0.25, 0.3) is 0 Å². The molecule has 0 aromatic heterocycles. The van der Waals surface area contributed by atoms with Crippen molar-refractivity contribution >= 4 is 41.7 Å². The van der Waals surface area contributed by atoms with E-state index in [1.54, 1.807) is 49.5 Å². The number of ether oxygens (including phenoxy) is 4. The molecule has 0 amide bonds. The molecule has 0 aliphatic heterocycles. The number of aldehydes is 1. The number of aliphatic hydroxyl groups excluding tert-OH is 1. The lowest BCUT2D eigenvalue weighted by Crippen LogP contribution is -2.14. The number of carbonyl (C=O) groups excluding carboxylic acids is 3. The van der Waals surface area contributed by atoms with Crippen LogP contribution in [0.3, 0.4) is 0 Å². The minimum Gasteiger partial charge on any atom is -0.482 e. The van der Waals surface area contributed by atoms with Gasteiger partial charge in [0.2, 0.25) is 0 Å². The Hall–Kier alpha value is -4.25. The van der Waals surface area contributed by atoms with E-state index in [2.05, 4.69) is 0 Å². The van der Waals surface area contributed by atoms with Crippen LogP contribution in [-0.2, 0) is 25.7 Å². The largest absolute Gasteiger partial charge is 0.482 e. The van der Waals surface area contributed by atoms with Crippen molar-refractivity contribution in [1.29, 1.82) is 0 Å². The Bertz CT molecular complexity index is 1570. The molecule has 10 heteroatoms. The Kier molecular flexibility index (Phi) is 15.2. The zero-order chi connectivity index (χ0) is 33.3. The van der Waals surface area contributed by atoms with Crippen LogP contribution in [0.4, 0.5) is 0 Å². The van der Waals surface area contributed by atoms with E-state index in [1.807, 2.05) is 86.6 Å². The van der Waals surface area contributed by atoms with Crippen LogP contribution in [0.5, 0.6) is 11.5 Å². The summed E-state index contributed by atoms with van der Waals surface area (Å²) >= 11 is 3.23. The SMILES string of the molecule is CCOC(=O)COc1ccc(Sc2ccc(C=O)cc2)cc1C.CCOC(=O)COc1ccc(Sc2ccc(CO)cc2)cc1C. The van der Waals surface area contributed by atoms with Gasteiger partial charge in [0.15, 0.2) is 13.2 Å². The van der Waals surface area contributed by atoms with Gasteiger partial charge in [-0.3, -0.25) is 4.79 Å². The third-order valence-corrected chi connectivity index (χ3v) is 8.18. The van der Waals surface area contributed by atoms with Gasteiger partial charge in [-0.05, 0) is 105 Å². The molecule has 0 aliphatic rings. The summed E-state index contributed by atoms with van der Waals surface area (Å²) in [5.41, 5.74) is 3.47. The van der Waals surface area contributed by atoms with Crippen LogP contribution < -0.4 is 9.47 Å². The van der Waals surface area contributed by atoms with Crippen molar-refractivity contribution in [2.75, 3.05) is 26.4 Å². The molecule has 0 saturated carbocycles. The van der Waals surface area contributed by atoms with E-state index in [9.17, 15) is 14.4 Å². The van der Waals surface area contributed by atoms with Crippen molar-refractivity contribution < 1.29 is 38.4 Å². The molecule has 46 heavy (non-hydrogen) atoms. The van der Waals surface area contributed by atoms with Gasteiger partial charge < -0.3 is 24.1 Å². The highest BCUT2D eigenvalue weighted by atomic mass is 32.2. The Balaban J connectivity index is 0.000000250. The summed E-state index contributed by atoms with van der Waals surface area (Å²) in [6.07, 6.45) is 0.828. The normalized spacial score (nSPS) is 10.3. The third kappa shape index (κ3) is 12.3. The van der Waals surface area contributed by atoms with Crippen molar-refractivity contribution in [2.45, 2.75) is 53.9 Å². The Morgan fingerprint density at radius 1 is 0.652 bits per heavy atom. The number of hydrogen-bond acceptors (Lipinski definition) is 10. The first-order chi connectivity index (χ1) is 22.2. The van der Waals surface area contributed by atoms with Crippen LogP contribution in [0.2, 0.25) is 0 Å². The summed E-state index contributed by atoms with van der Waals surface area (Å²) in [6.45, 7) is 7.98. The fraction of sp³-hybridized carbons (Fsp3) is 0.250. The molecule has 0 unspecified atom stereocenters. The highest BCUT2D eigenvalue weighted by molar-refractivity contribution is 7.99. The van der Waals surface area contributed by atoms with Crippen molar-refractivity contribution in [2.24, 2.45) is 0 Å². The number of carbonyl (C=O) groups is 3. The number of hydrogen-bond donors (Lipinski definition) is 1. The minimum atomic E-state index is -0.374. The monoisotopic (exact) mass is 662 g/mol. The Labute approximate surface area is 278 Å². The van der Waals surface area contributed by atoms with Crippen LogP contribution >= 0.6 is 23.5 Å². The van der Waals surface area contributed by atoms with Crippen molar-refractivity contribution in [3.8, 4) is 11.5 Å². The van der Waals surface area contributed by atoms with Crippen LogP contribution in [0, 0.1) is 13.8 Å². The van der Waals surface area contributed by atoms with Crippen LogP contribution in [0.15, 0.2) is 105 Å². The fourth-order valence-corrected chi connectivity index (χ4v) is 5.76. The first-order valence-corrected chi connectivity index (χ1v) is 16.3. The quantitative estimate of drug-likeness (QED) is 0.108. The Morgan fingerprint density at radius 2 is 1.07 bits per heavy atom.